The number of methoxy groups -OCH3 is 3. The molecule has 0 saturated carbocycles. The Morgan fingerprint density at radius 2 is 1.47 bits per heavy atom. The second-order valence-corrected chi connectivity index (χ2v) is 14.0. The highest BCUT2D eigenvalue weighted by Crippen LogP contribution is 2.40. The first-order chi connectivity index (χ1) is 26.8. The molecule has 0 saturated heterocycles. The van der Waals surface area contributed by atoms with Gasteiger partial charge in [0.1, 0.15) is 16.7 Å². The highest BCUT2D eigenvalue weighted by Gasteiger charge is 2.24. The van der Waals surface area contributed by atoms with Gasteiger partial charge in [-0.3, -0.25) is 14.4 Å². The molecular formula is C42H38N4O7S2. The number of rotatable bonds is 15. The normalized spacial score (nSPS) is 11.7. The Morgan fingerprint density at radius 1 is 0.800 bits per heavy atom. The fourth-order valence-electron chi connectivity index (χ4n) is 5.53. The zero-order valence-corrected chi connectivity index (χ0v) is 32.1. The number of ether oxygens (including phenoxy) is 4. The van der Waals surface area contributed by atoms with Gasteiger partial charge in [-0.25, -0.2) is 4.98 Å². The molecule has 13 heteroatoms. The monoisotopic (exact) mass is 774 g/mol. The Morgan fingerprint density at radius 3 is 2.11 bits per heavy atom. The lowest BCUT2D eigenvalue weighted by Crippen LogP contribution is -2.30. The summed E-state index contributed by atoms with van der Waals surface area (Å²) < 4.78 is 22.9. The zero-order chi connectivity index (χ0) is 38.7. The first-order valence-corrected chi connectivity index (χ1v) is 18.8. The Kier molecular flexibility index (Phi) is 12.7. The van der Waals surface area contributed by atoms with Crippen LogP contribution in [-0.4, -0.2) is 50.6 Å². The minimum atomic E-state index is -0.603. The van der Waals surface area contributed by atoms with E-state index in [1.807, 2.05) is 67.6 Å². The van der Waals surface area contributed by atoms with Crippen LogP contribution in [0.5, 0.6) is 23.0 Å². The number of carbonyl (C=O) groups is 3. The number of carbonyl (C=O) groups excluding carboxylic acids is 3. The standard InChI is InChI=1S/C42H38N4O7S2/c1-5-53-30-18-21-32-36(25-30)55-42(45-32)46-41(49)38(27-12-8-6-9-13-27)54-31-19-16-29(17-20-31)43-40(48)33(44-39(47)28-14-10-7-11-15-28)22-26-23-34(50-2)37(52-4)35(24-26)51-3/h6-25,38H,5H2,1-4H3,(H,43,48)(H,44,47)(H,45,46,49)/b33-22-. The maximum Gasteiger partial charge on any atom is 0.272 e. The summed E-state index contributed by atoms with van der Waals surface area (Å²) in [6.45, 7) is 2.48. The van der Waals surface area contributed by atoms with E-state index < -0.39 is 17.1 Å². The zero-order valence-electron chi connectivity index (χ0n) is 30.5. The fourth-order valence-corrected chi connectivity index (χ4v) is 7.45. The second-order valence-electron chi connectivity index (χ2n) is 11.8. The lowest BCUT2D eigenvalue weighted by molar-refractivity contribution is -0.116. The summed E-state index contributed by atoms with van der Waals surface area (Å²) in [5.41, 5.74) is 2.94. The van der Waals surface area contributed by atoms with E-state index in [-0.39, 0.29) is 11.6 Å². The summed E-state index contributed by atoms with van der Waals surface area (Å²) in [6.07, 6.45) is 1.53. The number of nitrogens with one attached hydrogen (secondary N) is 3. The van der Waals surface area contributed by atoms with Crippen molar-refractivity contribution in [1.29, 1.82) is 0 Å². The summed E-state index contributed by atoms with van der Waals surface area (Å²) in [5.74, 6) is 0.643. The van der Waals surface area contributed by atoms with Crippen molar-refractivity contribution in [3.63, 3.8) is 0 Å². The van der Waals surface area contributed by atoms with Gasteiger partial charge in [0.15, 0.2) is 16.6 Å². The molecule has 1 atom stereocenters. The number of aromatic nitrogens is 1. The summed E-state index contributed by atoms with van der Waals surface area (Å²) in [6, 6.07) is 34.2. The van der Waals surface area contributed by atoms with E-state index in [4.69, 9.17) is 18.9 Å². The highest BCUT2D eigenvalue weighted by atomic mass is 32.2. The van der Waals surface area contributed by atoms with Gasteiger partial charge < -0.3 is 34.9 Å². The van der Waals surface area contributed by atoms with E-state index in [1.165, 1.54) is 50.5 Å². The van der Waals surface area contributed by atoms with Gasteiger partial charge >= 0.3 is 0 Å². The highest BCUT2D eigenvalue weighted by molar-refractivity contribution is 8.00. The van der Waals surface area contributed by atoms with Gasteiger partial charge in [-0.05, 0) is 90.9 Å². The first kappa shape index (κ1) is 38.4. The molecule has 1 heterocycles. The third kappa shape index (κ3) is 9.63. The maximum absolute atomic E-state index is 13.8. The van der Waals surface area contributed by atoms with Crippen molar-refractivity contribution in [3.8, 4) is 23.0 Å². The smallest absolute Gasteiger partial charge is 0.272 e. The summed E-state index contributed by atoms with van der Waals surface area (Å²) >= 11 is 2.75. The first-order valence-electron chi connectivity index (χ1n) is 17.1. The Labute approximate surface area is 326 Å². The summed E-state index contributed by atoms with van der Waals surface area (Å²) in [5, 5.41) is 8.52. The SMILES string of the molecule is CCOc1ccc2nc(NC(=O)C(Sc3ccc(NC(=O)/C(=C/c4cc(OC)c(OC)c(OC)c4)NC(=O)c4ccccc4)cc3)c3ccccc3)sc2c1. The van der Waals surface area contributed by atoms with Gasteiger partial charge in [-0.2, -0.15) is 0 Å². The lowest BCUT2D eigenvalue weighted by atomic mass is 10.1. The fraction of sp³-hybridized carbons (Fsp3) is 0.143. The van der Waals surface area contributed by atoms with Gasteiger partial charge in [0, 0.05) is 16.1 Å². The molecule has 0 aliphatic rings. The van der Waals surface area contributed by atoms with Crippen LogP contribution in [0.25, 0.3) is 16.3 Å². The molecule has 0 aliphatic heterocycles. The molecule has 5 aromatic carbocycles. The number of fused-ring (bicyclic) bond motifs is 1. The van der Waals surface area contributed by atoms with E-state index in [0.717, 1.165) is 26.4 Å². The van der Waals surface area contributed by atoms with Crippen LogP contribution in [0.15, 0.2) is 126 Å². The van der Waals surface area contributed by atoms with Gasteiger partial charge in [-0.1, -0.05) is 59.9 Å². The molecule has 6 rings (SSSR count). The van der Waals surface area contributed by atoms with Crippen LogP contribution >= 0.6 is 23.1 Å². The largest absolute Gasteiger partial charge is 0.494 e. The van der Waals surface area contributed by atoms with Crippen LogP contribution in [0.4, 0.5) is 10.8 Å². The van der Waals surface area contributed by atoms with Crippen LogP contribution in [0.2, 0.25) is 0 Å². The molecular weight excluding hydrogens is 737 g/mol. The molecule has 11 nitrogen and oxygen atoms in total. The number of thiazole rings is 1. The van der Waals surface area contributed by atoms with Crippen molar-refractivity contribution in [2.75, 3.05) is 38.6 Å². The Bertz CT molecular complexity index is 2290. The number of hydrogen-bond donors (Lipinski definition) is 3. The third-order valence-electron chi connectivity index (χ3n) is 8.13. The summed E-state index contributed by atoms with van der Waals surface area (Å²) in [4.78, 5) is 46.2. The lowest BCUT2D eigenvalue weighted by Gasteiger charge is -2.17. The average Bonchev–Trinajstić information content (AvgIpc) is 3.61. The van der Waals surface area contributed by atoms with E-state index >= 15 is 0 Å². The van der Waals surface area contributed by atoms with Crippen LogP contribution in [0.3, 0.4) is 0 Å². The molecule has 0 bridgehead atoms. The van der Waals surface area contributed by atoms with E-state index in [9.17, 15) is 14.4 Å². The van der Waals surface area contributed by atoms with Crippen molar-refractivity contribution in [1.82, 2.24) is 10.3 Å². The van der Waals surface area contributed by atoms with Gasteiger partial charge in [0.2, 0.25) is 11.7 Å². The molecule has 0 aliphatic carbocycles. The second kappa shape index (κ2) is 18.1. The van der Waals surface area contributed by atoms with Crippen LogP contribution < -0.4 is 34.9 Å². The Hall–Kier alpha value is -6.31. The van der Waals surface area contributed by atoms with Crippen LogP contribution in [-0.2, 0) is 9.59 Å². The molecule has 1 unspecified atom stereocenters. The number of amides is 3. The van der Waals surface area contributed by atoms with Crippen LogP contribution in [0, 0.1) is 0 Å². The average molecular weight is 775 g/mol. The van der Waals surface area contributed by atoms with Gasteiger partial charge in [-0.15, -0.1) is 11.8 Å². The van der Waals surface area contributed by atoms with E-state index in [0.29, 0.717) is 45.8 Å². The molecule has 280 valence electrons. The molecule has 0 fully saturated rings. The predicted octanol–water partition coefficient (Wildman–Crippen LogP) is 8.60. The maximum atomic E-state index is 13.8. The molecule has 3 N–H and O–H groups in total. The van der Waals surface area contributed by atoms with Crippen molar-refractivity contribution in [3.05, 3.63) is 138 Å². The topological polar surface area (TPSA) is 137 Å². The number of benzene rings is 5. The molecule has 6 aromatic rings. The molecule has 0 spiro atoms. The van der Waals surface area contributed by atoms with Crippen molar-refractivity contribution in [2.45, 2.75) is 17.1 Å². The Balaban J connectivity index is 1.21. The van der Waals surface area contributed by atoms with Crippen molar-refractivity contribution in [2.24, 2.45) is 0 Å². The number of thioether (sulfide) groups is 1. The third-order valence-corrected chi connectivity index (χ3v) is 10.3. The number of anilines is 2. The van der Waals surface area contributed by atoms with Gasteiger partial charge in [0.25, 0.3) is 11.8 Å². The molecule has 55 heavy (non-hydrogen) atoms. The van der Waals surface area contributed by atoms with E-state index in [2.05, 4.69) is 20.9 Å². The molecule has 0 radical (unpaired) electrons. The van der Waals surface area contributed by atoms with Gasteiger partial charge in [0.05, 0.1) is 38.2 Å². The molecule has 3 amide bonds. The summed E-state index contributed by atoms with van der Waals surface area (Å²) in [7, 11) is 4.49. The predicted molar refractivity (Wildman–Crippen MR) is 218 cm³/mol. The van der Waals surface area contributed by atoms with Crippen molar-refractivity contribution < 1.29 is 33.3 Å². The van der Waals surface area contributed by atoms with Crippen molar-refractivity contribution >= 4 is 67.9 Å². The van der Waals surface area contributed by atoms with E-state index in [1.54, 1.807) is 54.6 Å². The minimum absolute atomic E-state index is 0.0219. The quantitative estimate of drug-likeness (QED) is 0.0692. The number of nitrogens with zero attached hydrogens (tertiary/aromatic N) is 1. The number of hydrogen-bond acceptors (Lipinski definition) is 10. The van der Waals surface area contributed by atoms with Crippen LogP contribution in [0.1, 0.15) is 33.7 Å². The minimum Gasteiger partial charge on any atom is -0.494 e. The molecule has 1 aromatic heterocycles.